The monoisotopic (exact) mass is 226 g/mol. The maximum absolute atomic E-state index is 2.44. The van der Waals surface area contributed by atoms with E-state index in [0.29, 0.717) is 0 Å². The number of unbranched alkanes of at least 4 members (excludes halogenated alkanes) is 3. The summed E-state index contributed by atoms with van der Waals surface area (Å²) in [6.45, 7) is 9.44. The van der Waals surface area contributed by atoms with Crippen molar-refractivity contribution in [2.75, 3.05) is 0 Å². The fraction of sp³-hybridized carbons (Fsp3) is 1.00. The zero-order valence-electron chi connectivity index (χ0n) is 12.2. The Balaban J connectivity index is 3.23. The van der Waals surface area contributed by atoms with Gasteiger partial charge in [-0.05, 0) is 11.8 Å². The van der Waals surface area contributed by atoms with Gasteiger partial charge in [0.2, 0.25) is 0 Å². The van der Waals surface area contributed by atoms with Crippen LogP contribution in [0.4, 0.5) is 0 Å². The van der Waals surface area contributed by atoms with Crippen molar-refractivity contribution in [2.24, 2.45) is 11.8 Å². The van der Waals surface area contributed by atoms with Crippen molar-refractivity contribution in [1.82, 2.24) is 0 Å². The average Bonchev–Trinajstić information content (AvgIpc) is 2.25. The van der Waals surface area contributed by atoms with E-state index < -0.39 is 0 Å². The predicted molar refractivity (Wildman–Crippen MR) is 75.8 cm³/mol. The molecule has 98 valence electrons. The standard InChI is InChI=1S/C16H34/c1-5-7-8-12-16(4)14-10-9-13-15(3)11-6-2/h15-16H,5-14H2,1-4H3. The molecule has 0 aromatic heterocycles. The van der Waals surface area contributed by atoms with Gasteiger partial charge in [-0.15, -0.1) is 0 Å². The highest BCUT2D eigenvalue weighted by Gasteiger charge is 2.03. The SMILES string of the molecule is CCCCCC(C)CCCCC(C)CCC. The predicted octanol–water partition coefficient (Wildman–Crippen LogP) is 6.20. The van der Waals surface area contributed by atoms with Crippen LogP contribution < -0.4 is 0 Å². The Kier molecular flexibility index (Phi) is 11.5. The first-order chi connectivity index (χ1) is 7.70. The number of rotatable bonds is 11. The van der Waals surface area contributed by atoms with Gasteiger partial charge in [-0.1, -0.05) is 91.9 Å². The first-order valence-corrected chi connectivity index (χ1v) is 7.70. The molecule has 2 atom stereocenters. The fourth-order valence-electron chi connectivity index (χ4n) is 2.51. The molecule has 0 aliphatic rings. The van der Waals surface area contributed by atoms with Crippen LogP contribution >= 0.6 is 0 Å². The molecule has 0 saturated heterocycles. The van der Waals surface area contributed by atoms with Crippen molar-refractivity contribution in [3.63, 3.8) is 0 Å². The third kappa shape index (κ3) is 10.5. The van der Waals surface area contributed by atoms with Gasteiger partial charge in [0.05, 0.1) is 0 Å². The molecule has 0 bridgehead atoms. The molecular formula is C16H34. The Morgan fingerprint density at radius 1 is 0.562 bits per heavy atom. The molecule has 0 amide bonds. The van der Waals surface area contributed by atoms with Crippen molar-refractivity contribution >= 4 is 0 Å². The molecule has 0 N–H and O–H groups in total. The van der Waals surface area contributed by atoms with Crippen molar-refractivity contribution in [3.05, 3.63) is 0 Å². The van der Waals surface area contributed by atoms with Crippen LogP contribution in [0.3, 0.4) is 0 Å². The van der Waals surface area contributed by atoms with E-state index in [9.17, 15) is 0 Å². The summed E-state index contributed by atoms with van der Waals surface area (Å²) in [4.78, 5) is 0. The lowest BCUT2D eigenvalue weighted by atomic mass is 9.94. The molecule has 0 aromatic rings. The summed E-state index contributed by atoms with van der Waals surface area (Å²) in [5.41, 5.74) is 0. The summed E-state index contributed by atoms with van der Waals surface area (Å²) >= 11 is 0. The van der Waals surface area contributed by atoms with E-state index in [1.165, 1.54) is 64.2 Å². The highest BCUT2D eigenvalue weighted by Crippen LogP contribution is 2.19. The summed E-state index contributed by atoms with van der Waals surface area (Å²) in [5.74, 6) is 1.92. The Hall–Kier alpha value is 0. The van der Waals surface area contributed by atoms with Crippen molar-refractivity contribution in [1.29, 1.82) is 0 Å². The minimum absolute atomic E-state index is 0.959. The van der Waals surface area contributed by atoms with Gasteiger partial charge < -0.3 is 0 Å². The van der Waals surface area contributed by atoms with Crippen LogP contribution in [0.5, 0.6) is 0 Å². The Labute approximate surface area is 104 Å². The van der Waals surface area contributed by atoms with Crippen molar-refractivity contribution in [2.45, 2.75) is 91.9 Å². The van der Waals surface area contributed by atoms with Crippen LogP contribution in [0.1, 0.15) is 91.9 Å². The van der Waals surface area contributed by atoms with E-state index in [1.807, 2.05) is 0 Å². The van der Waals surface area contributed by atoms with Gasteiger partial charge in [-0.25, -0.2) is 0 Å². The van der Waals surface area contributed by atoms with Crippen LogP contribution in [0.15, 0.2) is 0 Å². The molecule has 0 rings (SSSR count). The maximum atomic E-state index is 2.44. The van der Waals surface area contributed by atoms with Crippen LogP contribution in [-0.4, -0.2) is 0 Å². The molecule has 2 unspecified atom stereocenters. The molecule has 0 aliphatic carbocycles. The number of hydrogen-bond donors (Lipinski definition) is 0. The molecule has 0 heteroatoms. The molecule has 0 nitrogen and oxygen atoms in total. The third-order valence-corrected chi connectivity index (χ3v) is 3.73. The van der Waals surface area contributed by atoms with E-state index in [4.69, 9.17) is 0 Å². The first-order valence-electron chi connectivity index (χ1n) is 7.70. The maximum Gasteiger partial charge on any atom is -0.0443 e. The molecule has 16 heavy (non-hydrogen) atoms. The third-order valence-electron chi connectivity index (χ3n) is 3.73. The molecule has 0 aromatic carbocycles. The molecule has 0 radical (unpaired) electrons. The molecule has 0 fully saturated rings. The van der Waals surface area contributed by atoms with Gasteiger partial charge in [0.1, 0.15) is 0 Å². The van der Waals surface area contributed by atoms with Crippen LogP contribution in [0.25, 0.3) is 0 Å². The number of hydrogen-bond acceptors (Lipinski definition) is 0. The van der Waals surface area contributed by atoms with E-state index >= 15 is 0 Å². The highest BCUT2D eigenvalue weighted by atomic mass is 14.1. The molecule has 0 heterocycles. The largest absolute Gasteiger partial charge is 0.0654 e. The molecular weight excluding hydrogens is 192 g/mol. The zero-order chi connectivity index (χ0) is 12.2. The topological polar surface area (TPSA) is 0 Å². The van der Waals surface area contributed by atoms with E-state index in [-0.39, 0.29) is 0 Å². The molecule has 0 aliphatic heterocycles. The smallest absolute Gasteiger partial charge is 0.0443 e. The van der Waals surface area contributed by atoms with Gasteiger partial charge in [-0.3, -0.25) is 0 Å². The summed E-state index contributed by atoms with van der Waals surface area (Å²) < 4.78 is 0. The summed E-state index contributed by atoms with van der Waals surface area (Å²) in [6.07, 6.45) is 14.3. The Bertz CT molecular complexity index is 128. The van der Waals surface area contributed by atoms with Crippen LogP contribution in [0.2, 0.25) is 0 Å². The van der Waals surface area contributed by atoms with Gasteiger partial charge in [0, 0.05) is 0 Å². The first kappa shape index (κ1) is 16.0. The molecule has 0 spiro atoms. The lowest BCUT2D eigenvalue weighted by molar-refractivity contribution is 0.410. The van der Waals surface area contributed by atoms with E-state index in [0.717, 1.165) is 11.8 Å². The fourth-order valence-corrected chi connectivity index (χ4v) is 2.51. The summed E-state index contributed by atoms with van der Waals surface area (Å²) in [6, 6.07) is 0. The van der Waals surface area contributed by atoms with E-state index in [1.54, 1.807) is 0 Å². The van der Waals surface area contributed by atoms with Gasteiger partial charge in [-0.2, -0.15) is 0 Å². The lowest BCUT2D eigenvalue weighted by Crippen LogP contribution is -1.97. The van der Waals surface area contributed by atoms with Gasteiger partial charge >= 0.3 is 0 Å². The van der Waals surface area contributed by atoms with Crippen molar-refractivity contribution < 1.29 is 0 Å². The summed E-state index contributed by atoms with van der Waals surface area (Å²) in [7, 11) is 0. The zero-order valence-corrected chi connectivity index (χ0v) is 12.2. The minimum Gasteiger partial charge on any atom is -0.0654 e. The second-order valence-electron chi connectivity index (χ2n) is 5.78. The van der Waals surface area contributed by atoms with Crippen molar-refractivity contribution in [3.8, 4) is 0 Å². The highest BCUT2D eigenvalue weighted by molar-refractivity contribution is 4.57. The quantitative estimate of drug-likeness (QED) is 0.368. The Morgan fingerprint density at radius 2 is 1.00 bits per heavy atom. The van der Waals surface area contributed by atoms with Gasteiger partial charge in [0.25, 0.3) is 0 Å². The van der Waals surface area contributed by atoms with E-state index in [2.05, 4.69) is 27.7 Å². The normalized spacial score (nSPS) is 15.0. The Morgan fingerprint density at radius 3 is 1.44 bits per heavy atom. The average molecular weight is 226 g/mol. The lowest BCUT2D eigenvalue weighted by Gasteiger charge is -2.12. The van der Waals surface area contributed by atoms with Crippen LogP contribution in [0, 0.1) is 11.8 Å². The molecule has 0 saturated carbocycles. The second-order valence-corrected chi connectivity index (χ2v) is 5.78. The van der Waals surface area contributed by atoms with Crippen LogP contribution in [-0.2, 0) is 0 Å². The summed E-state index contributed by atoms with van der Waals surface area (Å²) in [5, 5.41) is 0. The van der Waals surface area contributed by atoms with Gasteiger partial charge in [0.15, 0.2) is 0 Å². The second kappa shape index (κ2) is 11.5. The minimum atomic E-state index is 0.959.